The SMILES string of the molecule is CCCN(CCC)C(=O)/C=C(\C)c1cc2c(-c3ccc(F)cc3)coc2cc1OCC. The van der Waals surface area contributed by atoms with Gasteiger partial charge in [-0.05, 0) is 56.0 Å². The van der Waals surface area contributed by atoms with E-state index in [9.17, 15) is 9.18 Å². The molecule has 1 amide bonds. The first-order valence-corrected chi connectivity index (χ1v) is 10.9. The van der Waals surface area contributed by atoms with Gasteiger partial charge >= 0.3 is 0 Å². The van der Waals surface area contributed by atoms with Crippen LogP contribution < -0.4 is 4.74 Å². The van der Waals surface area contributed by atoms with Gasteiger partial charge in [-0.1, -0.05) is 26.0 Å². The summed E-state index contributed by atoms with van der Waals surface area (Å²) in [6.07, 6.45) is 5.20. The molecule has 2 aromatic carbocycles. The van der Waals surface area contributed by atoms with Crippen molar-refractivity contribution in [2.75, 3.05) is 19.7 Å². The van der Waals surface area contributed by atoms with Crippen molar-refractivity contribution in [2.45, 2.75) is 40.5 Å². The van der Waals surface area contributed by atoms with E-state index in [0.29, 0.717) is 17.9 Å². The Kier molecular flexibility index (Phi) is 7.50. The van der Waals surface area contributed by atoms with Crippen molar-refractivity contribution in [2.24, 2.45) is 0 Å². The number of hydrogen-bond donors (Lipinski definition) is 0. The second-order valence-electron chi connectivity index (χ2n) is 7.59. The lowest BCUT2D eigenvalue weighted by Gasteiger charge is -2.20. The minimum atomic E-state index is -0.281. The molecule has 5 heteroatoms. The molecule has 1 heterocycles. The second-order valence-corrected chi connectivity index (χ2v) is 7.59. The van der Waals surface area contributed by atoms with Gasteiger partial charge in [-0.2, -0.15) is 0 Å². The molecule has 31 heavy (non-hydrogen) atoms. The molecule has 0 N–H and O–H groups in total. The summed E-state index contributed by atoms with van der Waals surface area (Å²) in [5, 5.41) is 0.893. The molecule has 3 aromatic rings. The van der Waals surface area contributed by atoms with Crippen LogP contribution in [0, 0.1) is 5.82 Å². The van der Waals surface area contributed by atoms with Gasteiger partial charge in [0, 0.05) is 41.7 Å². The molecule has 0 spiro atoms. The van der Waals surface area contributed by atoms with E-state index in [2.05, 4.69) is 13.8 Å². The number of amides is 1. The normalized spacial score (nSPS) is 11.7. The van der Waals surface area contributed by atoms with Crippen molar-refractivity contribution in [1.82, 2.24) is 4.90 Å². The molecular formula is C26H30FNO3. The molecule has 0 aliphatic rings. The van der Waals surface area contributed by atoms with Gasteiger partial charge in [0.05, 0.1) is 12.9 Å². The number of carbonyl (C=O) groups excluding carboxylic acids is 1. The van der Waals surface area contributed by atoms with Crippen molar-refractivity contribution in [3.8, 4) is 16.9 Å². The van der Waals surface area contributed by atoms with Gasteiger partial charge in [0.15, 0.2) is 0 Å². The van der Waals surface area contributed by atoms with E-state index in [1.807, 2.05) is 30.9 Å². The maximum atomic E-state index is 13.4. The van der Waals surface area contributed by atoms with Crippen molar-refractivity contribution >= 4 is 22.4 Å². The zero-order chi connectivity index (χ0) is 22.4. The minimum absolute atomic E-state index is 0.00898. The Morgan fingerprint density at radius 2 is 1.77 bits per heavy atom. The van der Waals surface area contributed by atoms with Crippen LogP contribution in [0.3, 0.4) is 0 Å². The van der Waals surface area contributed by atoms with E-state index in [0.717, 1.165) is 53.6 Å². The van der Waals surface area contributed by atoms with Crippen LogP contribution >= 0.6 is 0 Å². The zero-order valence-corrected chi connectivity index (χ0v) is 18.7. The van der Waals surface area contributed by atoms with Gasteiger partial charge in [-0.3, -0.25) is 4.79 Å². The van der Waals surface area contributed by atoms with E-state index < -0.39 is 0 Å². The Balaban J connectivity index is 2.06. The van der Waals surface area contributed by atoms with E-state index >= 15 is 0 Å². The quantitative estimate of drug-likeness (QED) is 0.360. The molecule has 3 rings (SSSR count). The first kappa shape index (κ1) is 22.6. The summed E-state index contributed by atoms with van der Waals surface area (Å²) in [6.45, 7) is 9.98. The number of furan rings is 1. The smallest absolute Gasteiger partial charge is 0.246 e. The molecule has 0 aliphatic carbocycles. The van der Waals surface area contributed by atoms with Crippen molar-refractivity contribution in [3.05, 3.63) is 60.1 Å². The molecule has 0 atom stereocenters. The molecule has 1 aromatic heterocycles. The Bertz CT molecular complexity index is 1060. The first-order valence-electron chi connectivity index (χ1n) is 10.9. The van der Waals surface area contributed by atoms with Crippen molar-refractivity contribution in [1.29, 1.82) is 0 Å². The summed E-state index contributed by atoms with van der Waals surface area (Å²) < 4.78 is 25.0. The molecule has 164 valence electrons. The lowest BCUT2D eigenvalue weighted by atomic mass is 9.99. The van der Waals surface area contributed by atoms with Crippen LogP contribution in [0.5, 0.6) is 5.75 Å². The average Bonchev–Trinajstić information content (AvgIpc) is 3.16. The van der Waals surface area contributed by atoms with Crippen LogP contribution in [-0.2, 0) is 4.79 Å². The van der Waals surface area contributed by atoms with E-state index in [4.69, 9.17) is 9.15 Å². The van der Waals surface area contributed by atoms with Crippen LogP contribution in [0.25, 0.3) is 27.7 Å². The highest BCUT2D eigenvalue weighted by molar-refractivity contribution is 6.00. The summed E-state index contributed by atoms with van der Waals surface area (Å²) in [5.41, 5.74) is 4.10. The second kappa shape index (κ2) is 10.3. The summed E-state index contributed by atoms with van der Waals surface area (Å²) in [7, 11) is 0. The van der Waals surface area contributed by atoms with E-state index in [-0.39, 0.29) is 11.7 Å². The van der Waals surface area contributed by atoms with Crippen LogP contribution in [0.2, 0.25) is 0 Å². The van der Waals surface area contributed by atoms with E-state index in [1.165, 1.54) is 12.1 Å². The number of halogens is 1. The Morgan fingerprint density at radius 1 is 1.10 bits per heavy atom. The summed E-state index contributed by atoms with van der Waals surface area (Å²) >= 11 is 0. The third kappa shape index (κ3) is 5.16. The highest BCUT2D eigenvalue weighted by Gasteiger charge is 2.16. The molecule has 0 fully saturated rings. The number of ether oxygens (including phenoxy) is 1. The Hall–Kier alpha value is -3.08. The highest BCUT2D eigenvalue weighted by Crippen LogP contribution is 2.37. The van der Waals surface area contributed by atoms with Gasteiger partial charge < -0.3 is 14.1 Å². The number of hydrogen-bond acceptors (Lipinski definition) is 3. The molecule has 0 radical (unpaired) electrons. The number of benzene rings is 2. The van der Waals surface area contributed by atoms with Crippen LogP contribution in [0.1, 0.15) is 46.1 Å². The molecule has 0 saturated carbocycles. The summed E-state index contributed by atoms with van der Waals surface area (Å²) in [4.78, 5) is 14.7. The molecular weight excluding hydrogens is 393 g/mol. The minimum Gasteiger partial charge on any atom is -0.493 e. The fourth-order valence-electron chi connectivity index (χ4n) is 3.72. The first-order chi connectivity index (χ1) is 15.0. The lowest BCUT2D eigenvalue weighted by Crippen LogP contribution is -2.31. The van der Waals surface area contributed by atoms with Gasteiger partial charge in [-0.25, -0.2) is 4.39 Å². The Morgan fingerprint density at radius 3 is 2.39 bits per heavy atom. The standard InChI is InChI=1S/C26H30FNO3/c1-5-12-28(13-6-2)26(29)14-18(4)21-15-22-23(19-8-10-20(27)11-9-19)17-31-25(22)16-24(21)30-7-3/h8-11,14-17H,5-7,12-13H2,1-4H3/b18-14+. The summed E-state index contributed by atoms with van der Waals surface area (Å²) in [5.74, 6) is 0.403. The molecule has 0 bridgehead atoms. The molecule has 0 aliphatic heterocycles. The number of allylic oxidation sites excluding steroid dienone is 1. The average molecular weight is 424 g/mol. The van der Waals surface area contributed by atoms with Gasteiger partial charge in [-0.15, -0.1) is 0 Å². The summed E-state index contributed by atoms with van der Waals surface area (Å²) in [6, 6.07) is 10.2. The fourth-order valence-corrected chi connectivity index (χ4v) is 3.72. The predicted octanol–water partition coefficient (Wildman–Crippen LogP) is 6.69. The van der Waals surface area contributed by atoms with Crippen LogP contribution in [-0.4, -0.2) is 30.5 Å². The number of rotatable bonds is 9. The van der Waals surface area contributed by atoms with Gasteiger partial charge in [0.1, 0.15) is 17.1 Å². The number of nitrogens with zero attached hydrogens (tertiary/aromatic N) is 1. The number of carbonyl (C=O) groups is 1. The number of fused-ring (bicyclic) bond motifs is 1. The topological polar surface area (TPSA) is 42.7 Å². The third-order valence-electron chi connectivity index (χ3n) is 5.19. The predicted molar refractivity (Wildman–Crippen MR) is 124 cm³/mol. The van der Waals surface area contributed by atoms with Gasteiger partial charge in [0.25, 0.3) is 0 Å². The van der Waals surface area contributed by atoms with Crippen molar-refractivity contribution in [3.63, 3.8) is 0 Å². The maximum Gasteiger partial charge on any atom is 0.246 e. The molecule has 0 unspecified atom stereocenters. The molecule has 4 nitrogen and oxygen atoms in total. The molecule has 0 saturated heterocycles. The van der Waals surface area contributed by atoms with Crippen LogP contribution in [0.15, 0.2) is 53.2 Å². The largest absolute Gasteiger partial charge is 0.493 e. The zero-order valence-electron chi connectivity index (χ0n) is 18.7. The van der Waals surface area contributed by atoms with E-state index in [1.54, 1.807) is 24.5 Å². The third-order valence-corrected chi connectivity index (χ3v) is 5.19. The maximum absolute atomic E-state index is 13.4. The fraction of sp³-hybridized carbons (Fsp3) is 0.346. The van der Waals surface area contributed by atoms with Crippen LogP contribution in [0.4, 0.5) is 4.39 Å². The Labute approximate surface area is 183 Å². The highest BCUT2D eigenvalue weighted by atomic mass is 19.1. The monoisotopic (exact) mass is 423 g/mol. The van der Waals surface area contributed by atoms with Crippen molar-refractivity contribution < 1.29 is 18.3 Å². The van der Waals surface area contributed by atoms with Gasteiger partial charge in [0.2, 0.25) is 5.91 Å². The lowest BCUT2D eigenvalue weighted by molar-refractivity contribution is -0.126.